The van der Waals surface area contributed by atoms with E-state index in [0.29, 0.717) is 0 Å². The van der Waals surface area contributed by atoms with Crippen molar-refractivity contribution in [1.29, 1.82) is 0 Å². The van der Waals surface area contributed by atoms with Crippen LogP contribution in [-0.4, -0.2) is 19.2 Å². The molecule has 1 unspecified atom stereocenters. The molecular weight excluding hydrogens is 254 g/mol. The number of ether oxygens (including phenoxy) is 2. The van der Waals surface area contributed by atoms with E-state index in [1.54, 1.807) is 14.2 Å². The summed E-state index contributed by atoms with van der Waals surface area (Å²) in [5.41, 5.74) is 5.44. The smallest absolute Gasteiger partial charge is 0.124 e. The van der Waals surface area contributed by atoms with E-state index >= 15 is 0 Å². The summed E-state index contributed by atoms with van der Waals surface area (Å²) in [5, 5.41) is 0. The Morgan fingerprint density at radius 1 is 1.15 bits per heavy atom. The molecule has 0 bridgehead atoms. The Labute approximate surface area is 118 Å². The van der Waals surface area contributed by atoms with Gasteiger partial charge in [0.05, 0.1) is 26.0 Å². The predicted molar refractivity (Wildman–Crippen MR) is 77.7 cm³/mol. The van der Waals surface area contributed by atoms with Gasteiger partial charge in [0.25, 0.3) is 0 Å². The molecule has 0 amide bonds. The van der Waals surface area contributed by atoms with Crippen LogP contribution in [0.1, 0.15) is 23.0 Å². The Kier molecular flexibility index (Phi) is 4.55. The van der Waals surface area contributed by atoms with Crippen molar-refractivity contribution in [2.75, 3.05) is 14.2 Å². The lowest BCUT2D eigenvalue weighted by Crippen LogP contribution is -2.30. The summed E-state index contributed by atoms with van der Waals surface area (Å²) < 4.78 is 10.7. The molecule has 3 N–H and O–H groups in total. The fourth-order valence-corrected chi connectivity index (χ4v) is 2.12. The second-order valence-electron chi connectivity index (χ2n) is 4.41. The van der Waals surface area contributed by atoms with Crippen molar-refractivity contribution in [3.63, 3.8) is 0 Å². The standard InChI is InChI=1S/C15H19N3O2/c1-10-5-4-6-13(17-10)15(18-16)12-9-11(19-2)7-8-14(12)20-3/h4-9,15,18H,16H2,1-3H3. The predicted octanol–water partition coefficient (Wildman–Crippen LogP) is 1.96. The molecule has 5 nitrogen and oxygen atoms in total. The van der Waals surface area contributed by atoms with Gasteiger partial charge in [0, 0.05) is 11.3 Å². The van der Waals surface area contributed by atoms with E-state index in [9.17, 15) is 0 Å². The first-order chi connectivity index (χ1) is 9.69. The van der Waals surface area contributed by atoms with Gasteiger partial charge >= 0.3 is 0 Å². The first-order valence-electron chi connectivity index (χ1n) is 6.31. The SMILES string of the molecule is COc1ccc(OC)c(C(NN)c2cccc(C)n2)c1. The topological polar surface area (TPSA) is 69.4 Å². The maximum atomic E-state index is 5.72. The molecule has 0 saturated carbocycles. The van der Waals surface area contributed by atoms with Crippen molar-refractivity contribution in [1.82, 2.24) is 10.4 Å². The van der Waals surface area contributed by atoms with Crippen LogP contribution in [0.4, 0.5) is 0 Å². The van der Waals surface area contributed by atoms with Gasteiger partial charge in [0.1, 0.15) is 11.5 Å². The lowest BCUT2D eigenvalue weighted by atomic mass is 10.0. The van der Waals surface area contributed by atoms with E-state index in [1.165, 1.54) is 0 Å². The van der Waals surface area contributed by atoms with Crippen LogP contribution in [-0.2, 0) is 0 Å². The molecule has 106 valence electrons. The fraction of sp³-hybridized carbons (Fsp3) is 0.267. The van der Waals surface area contributed by atoms with Crippen molar-refractivity contribution in [2.24, 2.45) is 5.84 Å². The van der Waals surface area contributed by atoms with E-state index in [4.69, 9.17) is 15.3 Å². The molecular formula is C15H19N3O2. The van der Waals surface area contributed by atoms with Crippen molar-refractivity contribution >= 4 is 0 Å². The number of nitrogens with one attached hydrogen (secondary N) is 1. The van der Waals surface area contributed by atoms with E-state index in [1.807, 2.05) is 43.3 Å². The summed E-state index contributed by atoms with van der Waals surface area (Å²) in [5.74, 6) is 7.19. The molecule has 5 heteroatoms. The number of aromatic nitrogens is 1. The van der Waals surface area contributed by atoms with Crippen LogP contribution in [0.5, 0.6) is 11.5 Å². The quantitative estimate of drug-likeness (QED) is 0.644. The summed E-state index contributed by atoms with van der Waals surface area (Å²) >= 11 is 0. The maximum absolute atomic E-state index is 5.72. The van der Waals surface area contributed by atoms with Crippen molar-refractivity contribution < 1.29 is 9.47 Å². The zero-order valence-electron chi connectivity index (χ0n) is 11.9. The highest BCUT2D eigenvalue weighted by atomic mass is 16.5. The molecule has 1 heterocycles. The van der Waals surface area contributed by atoms with Gasteiger partial charge in [-0.25, -0.2) is 5.43 Å². The monoisotopic (exact) mass is 273 g/mol. The molecule has 0 aliphatic rings. The molecule has 20 heavy (non-hydrogen) atoms. The van der Waals surface area contributed by atoms with Crippen LogP contribution in [0, 0.1) is 6.92 Å². The maximum Gasteiger partial charge on any atom is 0.124 e. The second kappa shape index (κ2) is 6.36. The van der Waals surface area contributed by atoms with Crippen molar-refractivity contribution in [3.05, 3.63) is 53.3 Å². The molecule has 0 aliphatic carbocycles. The van der Waals surface area contributed by atoms with E-state index < -0.39 is 0 Å². The minimum Gasteiger partial charge on any atom is -0.497 e. The van der Waals surface area contributed by atoms with Gasteiger partial charge in [0.2, 0.25) is 0 Å². The zero-order valence-corrected chi connectivity index (χ0v) is 11.9. The number of hydrogen-bond acceptors (Lipinski definition) is 5. The van der Waals surface area contributed by atoms with Crippen LogP contribution in [0.3, 0.4) is 0 Å². The van der Waals surface area contributed by atoms with Gasteiger partial charge in [-0.1, -0.05) is 6.07 Å². The minimum absolute atomic E-state index is 0.264. The summed E-state index contributed by atoms with van der Waals surface area (Å²) in [6.07, 6.45) is 0. The summed E-state index contributed by atoms with van der Waals surface area (Å²) in [4.78, 5) is 4.51. The Morgan fingerprint density at radius 3 is 2.55 bits per heavy atom. The average molecular weight is 273 g/mol. The molecule has 1 aromatic carbocycles. The number of methoxy groups -OCH3 is 2. The van der Waals surface area contributed by atoms with Gasteiger partial charge in [0.15, 0.2) is 0 Å². The number of benzene rings is 1. The number of nitrogens with zero attached hydrogens (tertiary/aromatic N) is 1. The van der Waals surface area contributed by atoms with Crippen LogP contribution in [0.15, 0.2) is 36.4 Å². The molecule has 1 atom stereocenters. The number of hydrazine groups is 1. The summed E-state index contributed by atoms with van der Waals surface area (Å²) in [6, 6.07) is 11.2. The van der Waals surface area contributed by atoms with E-state index in [2.05, 4.69) is 10.4 Å². The Balaban J connectivity index is 2.50. The highest BCUT2D eigenvalue weighted by Crippen LogP contribution is 2.32. The Bertz CT molecular complexity index is 587. The van der Waals surface area contributed by atoms with Gasteiger partial charge in [-0.05, 0) is 37.3 Å². The van der Waals surface area contributed by atoms with Crippen LogP contribution in [0.25, 0.3) is 0 Å². The first kappa shape index (κ1) is 14.3. The number of rotatable bonds is 5. The number of pyridine rings is 1. The molecule has 0 fully saturated rings. The third-order valence-electron chi connectivity index (χ3n) is 3.12. The van der Waals surface area contributed by atoms with E-state index in [-0.39, 0.29) is 6.04 Å². The Morgan fingerprint density at radius 2 is 1.95 bits per heavy atom. The minimum atomic E-state index is -0.264. The lowest BCUT2D eigenvalue weighted by molar-refractivity contribution is 0.393. The number of hydrogen-bond donors (Lipinski definition) is 2. The molecule has 2 rings (SSSR count). The van der Waals surface area contributed by atoms with Crippen LogP contribution in [0.2, 0.25) is 0 Å². The molecule has 2 aromatic rings. The molecule has 0 radical (unpaired) electrons. The molecule has 0 saturated heterocycles. The molecule has 0 spiro atoms. The number of nitrogens with two attached hydrogens (primary N) is 1. The third-order valence-corrected chi connectivity index (χ3v) is 3.12. The summed E-state index contributed by atoms with van der Waals surface area (Å²) in [6.45, 7) is 1.94. The largest absolute Gasteiger partial charge is 0.497 e. The Hall–Kier alpha value is -2.11. The highest BCUT2D eigenvalue weighted by Gasteiger charge is 2.19. The molecule has 1 aromatic heterocycles. The average Bonchev–Trinajstić information content (AvgIpc) is 2.48. The normalized spacial score (nSPS) is 12.0. The third kappa shape index (κ3) is 2.89. The fourth-order valence-electron chi connectivity index (χ4n) is 2.12. The van der Waals surface area contributed by atoms with Gasteiger partial charge in [-0.15, -0.1) is 0 Å². The summed E-state index contributed by atoms with van der Waals surface area (Å²) in [7, 11) is 3.25. The van der Waals surface area contributed by atoms with Gasteiger partial charge in [-0.2, -0.15) is 0 Å². The van der Waals surface area contributed by atoms with Crippen LogP contribution < -0.4 is 20.7 Å². The highest BCUT2D eigenvalue weighted by molar-refractivity contribution is 5.45. The molecule has 0 aliphatic heterocycles. The van der Waals surface area contributed by atoms with Crippen molar-refractivity contribution in [2.45, 2.75) is 13.0 Å². The van der Waals surface area contributed by atoms with Crippen molar-refractivity contribution in [3.8, 4) is 11.5 Å². The van der Waals surface area contributed by atoms with Gasteiger partial charge in [-0.3, -0.25) is 10.8 Å². The van der Waals surface area contributed by atoms with Crippen LogP contribution >= 0.6 is 0 Å². The number of aryl methyl sites for hydroxylation is 1. The zero-order chi connectivity index (χ0) is 14.5. The van der Waals surface area contributed by atoms with E-state index in [0.717, 1.165) is 28.5 Å². The lowest BCUT2D eigenvalue weighted by Gasteiger charge is -2.19. The van der Waals surface area contributed by atoms with Gasteiger partial charge < -0.3 is 9.47 Å². The first-order valence-corrected chi connectivity index (χ1v) is 6.31. The second-order valence-corrected chi connectivity index (χ2v) is 4.41.